The molecule has 4 nitrogen and oxygen atoms in total. The Morgan fingerprint density at radius 1 is 1.18 bits per heavy atom. The van der Waals surface area contributed by atoms with Gasteiger partial charge in [-0.15, -0.1) is 11.3 Å². The SMILES string of the molecule is CC(=O)N1CCC(Nc2nc(-c3ccc(F)cc3)cs2)c2ccc(F)cc2C1. The quantitative estimate of drug-likeness (QED) is 0.675. The van der Waals surface area contributed by atoms with Gasteiger partial charge in [0, 0.05) is 31.0 Å². The Kier molecular flexibility index (Phi) is 5.09. The second-order valence-corrected chi connectivity index (χ2v) is 7.67. The molecule has 3 aromatic rings. The number of hydrogen-bond donors (Lipinski definition) is 1. The first-order chi connectivity index (χ1) is 13.5. The second-order valence-electron chi connectivity index (χ2n) is 6.81. The van der Waals surface area contributed by atoms with E-state index >= 15 is 0 Å². The molecule has 1 unspecified atom stereocenters. The molecule has 1 aliphatic rings. The van der Waals surface area contributed by atoms with Gasteiger partial charge in [0.1, 0.15) is 11.6 Å². The Morgan fingerprint density at radius 3 is 2.68 bits per heavy atom. The van der Waals surface area contributed by atoms with Gasteiger partial charge in [-0.05, 0) is 53.9 Å². The van der Waals surface area contributed by atoms with Crippen LogP contribution in [0.15, 0.2) is 47.8 Å². The fraction of sp³-hybridized carbons (Fsp3) is 0.238. The van der Waals surface area contributed by atoms with Gasteiger partial charge in [0.25, 0.3) is 0 Å². The van der Waals surface area contributed by atoms with Crippen molar-refractivity contribution in [3.8, 4) is 11.3 Å². The van der Waals surface area contributed by atoms with Crippen LogP contribution >= 0.6 is 11.3 Å². The van der Waals surface area contributed by atoms with Gasteiger partial charge in [-0.1, -0.05) is 6.07 Å². The van der Waals surface area contributed by atoms with E-state index in [0.717, 1.165) is 27.5 Å². The van der Waals surface area contributed by atoms with Crippen molar-refractivity contribution in [3.05, 3.63) is 70.6 Å². The standard InChI is InChI=1S/C21H19F2N3OS/c1-13(27)26-9-8-19(18-7-6-17(23)10-15(18)11-26)24-21-25-20(12-28-21)14-2-4-16(22)5-3-14/h2-7,10,12,19H,8-9,11H2,1H3,(H,24,25). The van der Waals surface area contributed by atoms with E-state index in [9.17, 15) is 13.6 Å². The lowest BCUT2D eigenvalue weighted by molar-refractivity contribution is -0.129. The van der Waals surface area contributed by atoms with Crippen molar-refractivity contribution in [2.75, 3.05) is 11.9 Å². The Bertz CT molecular complexity index is 1000. The van der Waals surface area contributed by atoms with Gasteiger partial charge in [0.15, 0.2) is 5.13 Å². The number of aromatic nitrogens is 1. The maximum absolute atomic E-state index is 13.8. The third-order valence-corrected chi connectivity index (χ3v) is 5.69. The predicted molar refractivity (Wildman–Crippen MR) is 106 cm³/mol. The molecule has 0 saturated carbocycles. The topological polar surface area (TPSA) is 45.2 Å². The number of nitrogens with zero attached hydrogens (tertiary/aromatic N) is 2. The summed E-state index contributed by atoms with van der Waals surface area (Å²) in [5.74, 6) is -0.617. The van der Waals surface area contributed by atoms with E-state index in [1.807, 2.05) is 5.38 Å². The molecule has 0 saturated heterocycles. The van der Waals surface area contributed by atoms with Crippen LogP contribution in [-0.2, 0) is 11.3 Å². The monoisotopic (exact) mass is 399 g/mol. The molecule has 0 aliphatic carbocycles. The number of rotatable bonds is 3. The van der Waals surface area contributed by atoms with Crippen LogP contribution in [0, 0.1) is 11.6 Å². The number of carbonyl (C=O) groups excluding carboxylic acids is 1. The summed E-state index contributed by atoms with van der Waals surface area (Å²) in [7, 11) is 0. The molecule has 4 rings (SSSR count). The highest BCUT2D eigenvalue weighted by Gasteiger charge is 2.24. The molecule has 0 bridgehead atoms. The lowest BCUT2D eigenvalue weighted by atomic mass is 9.99. The van der Waals surface area contributed by atoms with Gasteiger partial charge >= 0.3 is 0 Å². The molecule has 1 aromatic heterocycles. The highest BCUT2D eigenvalue weighted by Crippen LogP contribution is 2.33. The van der Waals surface area contributed by atoms with E-state index in [1.165, 1.54) is 42.5 Å². The fourth-order valence-corrected chi connectivity index (χ4v) is 4.21. The number of nitrogens with one attached hydrogen (secondary N) is 1. The molecule has 1 aliphatic heterocycles. The van der Waals surface area contributed by atoms with Crippen molar-refractivity contribution in [1.29, 1.82) is 0 Å². The summed E-state index contributed by atoms with van der Waals surface area (Å²) in [6.07, 6.45) is 0.698. The number of halogens is 2. The minimum absolute atomic E-state index is 0.0243. The summed E-state index contributed by atoms with van der Waals surface area (Å²) in [6.45, 7) is 2.52. The molecule has 28 heavy (non-hydrogen) atoms. The third-order valence-electron chi connectivity index (χ3n) is 4.92. The molecule has 0 radical (unpaired) electrons. The summed E-state index contributed by atoms with van der Waals surface area (Å²) in [6, 6.07) is 10.9. The average molecular weight is 399 g/mol. The molecule has 0 fully saturated rings. The summed E-state index contributed by atoms with van der Waals surface area (Å²) < 4.78 is 26.9. The van der Waals surface area contributed by atoms with Crippen LogP contribution in [0.25, 0.3) is 11.3 Å². The third kappa shape index (κ3) is 3.89. The van der Waals surface area contributed by atoms with Crippen molar-refractivity contribution >= 4 is 22.4 Å². The summed E-state index contributed by atoms with van der Waals surface area (Å²) in [4.78, 5) is 18.2. The molecule has 1 amide bonds. The number of fused-ring (bicyclic) bond motifs is 1. The highest BCUT2D eigenvalue weighted by atomic mass is 32.1. The first kappa shape index (κ1) is 18.6. The number of anilines is 1. The minimum Gasteiger partial charge on any atom is -0.355 e. The normalized spacial score (nSPS) is 16.4. The highest BCUT2D eigenvalue weighted by molar-refractivity contribution is 7.14. The molecular weight excluding hydrogens is 380 g/mol. The zero-order valence-corrected chi connectivity index (χ0v) is 16.1. The average Bonchev–Trinajstić information content (AvgIpc) is 3.05. The van der Waals surface area contributed by atoms with Gasteiger partial charge in [0.2, 0.25) is 5.91 Å². The van der Waals surface area contributed by atoms with Crippen LogP contribution in [0.3, 0.4) is 0 Å². The van der Waals surface area contributed by atoms with Crippen LogP contribution in [0.5, 0.6) is 0 Å². The van der Waals surface area contributed by atoms with E-state index in [4.69, 9.17) is 0 Å². The second kappa shape index (κ2) is 7.67. The fourth-order valence-electron chi connectivity index (χ4n) is 3.44. The summed E-state index contributed by atoms with van der Waals surface area (Å²) in [5, 5.41) is 6.08. The lowest BCUT2D eigenvalue weighted by Gasteiger charge is -2.19. The largest absolute Gasteiger partial charge is 0.355 e. The van der Waals surface area contributed by atoms with E-state index in [-0.39, 0.29) is 23.6 Å². The lowest BCUT2D eigenvalue weighted by Crippen LogP contribution is -2.28. The van der Waals surface area contributed by atoms with Crippen LogP contribution in [0.1, 0.15) is 30.5 Å². The van der Waals surface area contributed by atoms with E-state index in [2.05, 4.69) is 10.3 Å². The molecule has 1 atom stereocenters. The van der Waals surface area contributed by atoms with E-state index in [1.54, 1.807) is 23.1 Å². The van der Waals surface area contributed by atoms with Crippen LogP contribution in [0.4, 0.5) is 13.9 Å². The summed E-state index contributed by atoms with van der Waals surface area (Å²) >= 11 is 1.46. The predicted octanol–water partition coefficient (Wildman–Crippen LogP) is 4.99. The van der Waals surface area contributed by atoms with Gasteiger partial charge < -0.3 is 10.2 Å². The first-order valence-corrected chi connectivity index (χ1v) is 9.89. The number of amides is 1. The first-order valence-electron chi connectivity index (χ1n) is 9.01. The molecule has 2 heterocycles. The maximum atomic E-state index is 13.8. The maximum Gasteiger partial charge on any atom is 0.219 e. The van der Waals surface area contributed by atoms with Crippen molar-refractivity contribution < 1.29 is 13.6 Å². The number of hydrogen-bond acceptors (Lipinski definition) is 4. The Morgan fingerprint density at radius 2 is 1.93 bits per heavy atom. The zero-order valence-electron chi connectivity index (χ0n) is 15.3. The van der Waals surface area contributed by atoms with Crippen LogP contribution in [0.2, 0.25) is 0 Å². The van der Waals surface area contributed by atoms with Crippen LogP contribution in [-0.4, -0.2) is 22.3 Å². The molecular formula is C21H19F2N3OS. The van der Waals surface area contributed by atoms with Crippen molar-refractivity contribution in [3.63, 3.8) is 0 Å². The minimum atomic E-state index is -0.309. The van der Waals surface area contributed by atoms with Crippen molar-refractivity contribution in [2.45, 2.75) is 25.9 Å². The number of thiazole rings is 1. The Balaban J connectivity index is 1.59. The molecule has 0 spiro atoms. The number of carbonyl (C=O) groups is 1. The van der Waals surface area contributed by atoms with Crippen LogP contribution < -0.4 is 5.32 Å². The molecule has 7 heteroatoms. The zero-order chi connectivity index (χ0) is 19.7. The van der Waals surface area contributed by atoms with Gasteiger partial charge in [0.05, 0.1) is 11.7 Å². The molecule has 2 aromatic carbocycles. The van der Waals surface area contributed by atoms with E-state index in [0.29, 0.717) is 19.5 Å². The Hall–Kier alpha value is -2.80. The Labute approximate surface area is 165 Å². The van der Waals surface area contributed by atoms with Gasteiger partial charge in [-0.25, -0.2) is 13.8 Å². The number of benzene rings is 2. The van der Waals surface area contributed by atoms with Crippen molar-refractivity contribution in [1.82, 2.24) is 9.88 Å². The summed E-state index contributed by atoms with van der Waals surface area (Å²) in [5.41, 5.74) is 3.40. The van der Waals surface area contributed by atoms with Crippen molar-refractivity contribution in [2.24, 2.45) is 0 Å². The smallest absolute Gasteiger partial charge is 0.219 e. The molecule has 144 valence electrons. The van der Waals surface area contributed by atoms with Gasteiger partial charge in [-0.2, -0.15) is 0 Å². The van der Waals surface area contributed by atoms with Gasteiger partial charge in [-0.3, -0.25) is 4.79 Å². The molecule has 1 N–H and O–H groups in total. The van der Waals surface area contributed by atoms with E-state index < -0.39 is 0 Å².